The van der Waals surface area contributed by atoms with Crippen LogP contribution in [0.4, 0.5) is 0 Å². The zero-order valence-electron chi connectivity index (χ0n) is 13.7. The first-order valence-corrected chi connectivity index (χ1v) is 7.27. The van der Waals surface area contributed by atoms with Gasteiger partial charge in [0.1, 0.15) is 5.75 Å². The average molecular weight is 335 g/mol. The molecular weight excluding hydrogens is 312 g/mol. The van der Waals surface area contributed by atoms with Crippen molar-refractivity contribution in [3.8, 4) is 16.9 Å². The number of halogens is 1. The van der Waals surface area contributed by atoms with Crippen molar-refractivity contribution >= 4 is 18.3 Å². The van der Waals surface area contributed by atoms with Gasteiger partial charge in [-0.05, 0) is 24.1 Å². The van der Waals surface area contributed by atoms with E-state index in [9.17, 15) is 4.79 Å². The number of methoxy groups -OCH3 is 1. The molecule has 0 saturated heterocycles. The molecular formula is C18H23ClN2O2. The molecule has 2 rings (SSSR count). The van der Waals surface area contributed by atoms with Gasteiger partial charge in [0, 0.05) is 12.6 Å². The number of para-hydroxylation sites is 1. The summed E-state index contributed by atoms with van der Waals surface area (Å²) in [5, 5.41) is 0. The number of hydrogen-bond donors (Lipinski definition) is 1. The summed E-state index contributed by atoms with van der Waals surface area (Å²) in [6, 6.07) is 16.1. The fourth-order valence-electron chi connectivity index (χ4n) is 2.41. The number of benzene rings is 2. The number of nitrogens with two attached hydrogens (primary N) is 1. The minimum Gasteiger partial charge on any atom is -0.496 e. The molecule has 4 nitrogen and oxygen atoms in total. The lowest BCUT2D eigenvalue weighted by Crippen LogP contribution is -2.34. The topological polar surface area (TPSA) is 55.6 Å². The first kappa shape index (κ1) is 19.0. The van der Waals surface area contributed by atoms with E-state index < -0.39 is 0 Å². The maximum atomic E-state index is 11.7. The van der Waals surface area contributed by atoms with Crippen LogP contribution in [0.3, 0.4) is 0 Å². The van der Waals surface area contributed by atoms with E-state index in [4.69, 9.17) is 10.5 Å². The number of carbonyl (C=O) groups is 1. The molecule has 0 aliphatic rings. The Labute approximate surface area is 143 Å². The van der Waals surface area contributed by atoms with Crippen LogP contribution < -0.4 is 10.5 Å². The van der Waals surface area contributed by atoms with Crippen molar-refractivity contribution in [2.24, 2.45) is 5.73 Å². The standard InChI is InChI=1S/C18H22N2O2.ClH/c1-13(20(2)18(21)12-19)14-8-10-15(11-9-14)16-6-4-5-7-17(16)22-3;/h4-11,13H,12,19H2,1-3H3;1H. The Kier molecular flexibility index (Phi) is 7.07. The Morgan fingerprint density at radius 3 is 2.35 bits per heavy atom. The van der Waals surface area contributed by atoms with Crippen LogP contribution in [-0.2, 0) is 4.79 Å². The number of likely N-dealkylation sites (N-methyl/N-ethyl adjacent to an activating group) is 1. The summed E-state index contributed by atoms with van der Waals surface area (Å²) in [6.07, 6.45) is 0. The lowest BCUT2D eigenvalue weighted by Gasteiger charge is -2.25. The number of amides is 1. The Balaban J connectivity index is 0.00000264. The lowest BCUT2D eigenvalue weighted by atomic mass is 10.00. The van der Waals surface area contributed by atoms with Gasteiger partial charge >= 0.3 is 0 Å². The summed E-state index contributed by atoms with van der Waals surface area (Å²) >= 11 is 0. The highest BCUT2D eigenvalue weighted by Crippen LogP contribution is 2.30. The van der Waals surface area contributed by atoms with Crippen molar-refractivity contribution < 1.29 is 9.53 Å². The summed E-state index contributed by atoms with van der Waals surface area (Å²) in [4.78, 5) is 13.3. The van der Waals surface area contributed by atoms with E-state index in [1.165, 1.54) is 0 Å². The van der Waals surface area contributed by atoms with E-state index in [2.05, 4.69) is 0 Å². The summed E-state index contributed by atoms with van der Waals surface area (Å²) in [7, 11) is 3.44. The van der Waals surface area contributed by atoms with Crippen molar-refractivity contribution in [1.29, 1.82) is 0 Å². The van der Waals surface area contributed by atoms with E-state index in [0.29, 0.717) is 0 Å². The molecule has 5 heteroatoms. The molecule has 1 unspecified atom stereocenters. The zero-order chi connectivity index (χ0) is 16.1. The third-order valence-electron chi connectivity index (χ3n) is 3.96. The molecule has 0 heterocycles. The van der Waals surface area contributed by atoms with Crippen LogP contribution in [0.2, 0.25) is 0 Å². The summed E-state index contributed by atoms with van der Waals surface area (Å²) in [6.45, 7) is 2.02. The van der Waals surface area contributed by atoms with Gasteiger partial charge in [-0.25, -0.2) is 0 Å². The van der Waals surface area contributed by atoms with E-state index in [1.54, 1.807) is 19.1 Å². The van der Waals surface area contributed by atoms with Gasteiger partial charge in [-0.1, -0.05) is 42.5 Å². The van der Waals surface area contributed by atoms with E-state index in [0.717, 1.165) is 22.4 Å². The monoisotopic (exact) mass is 334 g/mol. The molecule has 0 aliphatic heterocycles. The summed E-state index contributed by atoms with van der Waals surface area (Å²) < 4.78 is 5.39. The van der Waals surface area contributed by atoms with Crippen LogP contribution in [0.15, 0.2) is 48.5 Å². The molecule has 1 amide bonds. The average Bonchev–Trinajstić information content (AvgIpc) is 2.59. The van der Waals surface area contributed by atoms with Gasteiger partial charge < -0.3 is 15.4 Å². The maximum Gasteiger partial charge on any atom is 0.236 e. The first-order chi connectivity index (χ1) is 10.6. The van der Waals surface area contributed by atoms with Crippen molar-refractivity contribution in [3.63, 3.8) is 0 Å². The van der Waals surface area contributed by atoms with Crippen LogP contribution in [0, 0.1) is 0 Å². The molecule has 0 fully saturated rings. The van der Waals surface area contributed by atoms with Crippen molar-refractivity contribution in [2.75, 3.05) is 20.7 Å². The predicted molar refractivity (Wildman–Crippen MR) is 95.9 cm³/mol. The predicted octanol–water partition coefficient (Wildman–Crippen LogP) is 3.26. The van der Waals surface area contributed by atoms with Gasteiger partial charge in [0.2, 0.25) is 5.91 Å². The Bertz CT molecular complexity index is 644. The molecule has 0 radical (unpaired) electrons. The molecule has 0 bridgehead atoms. The second-order valence-corrected chi connectivity index (χ2v) is 5.21. The number of nitrogens with zero attached hydrogens (tertiary/aromatic N) is 1. The molecule has 0 spiro atoms. The number of ether oxygens (including phenoxy) is 1. The largest absolute Gasteiger partial charge is 0.496 e. The third kappa shape index (κ3) is 4.24. The van der Waals surface area contributed by atoms with E-state index >= 15 is 0 Å². The molecule has 2 aromatic rings. The molecule has 1 atom stereocenters. The molecule has 23 heavy (non-hydrogen) atoms. The fraction of sp³-hybridized carbons (Fsp3) is 0.278. The minimum atomic E-state index is -0.0682. The van der Waals surface area contributed by atoms with Crippen molar-refractivity contribution in [1.82, 2.24) is 4.90 Å². The van der Waals surface area contributed by atoms with Gasteiger partial charge in [0.15, 0.2) is 0 Å². The van der Waals surface area contributed by atoms with Gasteiger partial charge in [-0.2, -0.15) is 0 Å². The van der Waals surface area contributed by atoms with Crippen molar-refractivity contribution in [2.45, 2.75) is 13.0 Å². The second-order valence-electron chi connectivity index (χ2n) is 5.21. The number of rotatable bonds is 5. The summed E-state index contributed by atoms with van der Waals surface area (Å²) in [5.41, 5.74) is 8.62. The van der Waals surface area contributed by atoms with Crippen LogP contribution in [0.1, 0.15) is 18.5 Å². The van der Waals surface area contributed by atoms with Crippen LogP contribution in [-0.4, -0.2) is 31.5 Å². The minimum absolute atomic E-state index is 0. The molecule has 2 N–H and O–H groups in total. The fourth-order valence-corrected chi connectivity index (χ4v) is 2.41. The van der Waals surface area contributed by atoms with Crippen LogP contribution in [0.25, 0.3) is 11.1 Å². The molecule has 0 saturated carbocycles. The second kappa shape index (κ2) is 8.56. The van der Waals surface area contributed by atoms with Crippen LogP contribution in [0.5, 0.6) is 5.75 Å². The Hall–Kier alpha value is -2.04. The molecule has 2 aromatic carbocycles. The third-order valence-corrected chi connectivity index (χ3v) is 3.96. The molecule has 0 aromatic heterocycles. The number of hydrogen-bond acceptors (Lipinski definition) is 3. The highest BCUT2D eigenvalue weighted by molar-refractivity contribution is 5.85. The lowest BCUT2D eigenvalue weighted by molar-refractivity contribution is -0.130. The van der Waals surface area contributed by atoms with Gasteiger partial charge in [0.05, 0.1) is 19.7 Å². The van der Waals surface area contributed by atoms with E-state index in [1.807, 2.05) is 55.5 Å². The summed E-state index contributed by atoms with van der Waals surface area (Å²) in [5.74, 6) is 0.778. The normalized spacial score (nSPS) is 11.3. The maximum absolute atomic E-state index is 11.7. The number of carbonyl (C=O) groups excluding carboxylic acids is 1. The van der Waals surface area contributed by atoms with Gasteiger partial charge in [0.25, 0.3) is 0 Å². The van der Waals surface area contributed by atoms with Gasteiger partial charge in [-0.15, -0.1) is 12.4 Å². The zero-order valence-corrected chi connectivity index (χ0v) is 14.5. The van der Waals surface area contributed by atoms with Crippen molar-refractivity contribution in [3.05, 3.63) is 54.1 Å². The van der Waals surface area contributed by atoms with Gasteiger partial charge in [-0.3, -0.25) is 4.79 Å². The highest BCUT2D eigenvalue weighted by Gasteiger charge is 2.16. The highest BCUT2D eigenvalue weighted by atomic mass is 35.5. The molecule has 0 aliphatic carbocycles. The Morgan fingerprint density at radius 2 is 1.78 bits per heavy atom. The smallest absolute Gasteiger partial charge is 0.236 e. The van der Waals surface area contributed by atoms with E-state index in [-0.39, 0.29) is 30.9 Å². The quantitative estimate of drug-likeness (QED) is 0.913. The SMILES string of the molecule is COc1ccccc1-c1ccc(C(C)N(C)C(=O)CN)cc1.Cl. The molecule has 124 valence electrons. The Morgan fingerprint density at radius 1 is 1.17 bits per heavy atom. The van der Waals surface area contributed by atoms with Crippen LogP contribution >= 0.6 is 12.4 Å². The first-order valence-electron chi connectivity index (χ1n) is 7.27.